The second-order valence-corrected chi connectivity index (χ2v) is 5.48. The molecule has 20 heavy (non-hydrogen) atoms. The molecule has 0 aromatic heterocycles. The van der Waals surface area contributed by atoms with Gasteiger partial charge in [-0.05, 0) is 12.1 Å². The van der Waals surface area contributed by atoms with E-state index in [0.717, 1.165) is 11.3 Å². The van der Waals surface area contributed by atoms with Gasteiger partial charge in [-0.1, -0.05) is 65.2 Å². The standard InChI is InChI=1S/C16H11N2OS/c19-20-15(11-13-7-3-1-4-8-13)12-17-16(20)18-14-9-5-2-6-10-14/h1-11H/q-1. The summed E-state index contributed by atoms with van der Waals surface area (Å²) in [6.45, 7) is 0. The van der Waals surface area contributed by atoms with Crippen LogP contribution >= 0.6 is 0 Å². The van der Waals surface area contributed by atoms with Gasteiger partial charge in [0, 0.05) is 10.8 Å². The Balaban J connectivity index is 1.87. The zero-order valence-corrected chi connectivity index (χ0v) is 11.4. The summed E-state index contributed by atoms with van der Waals surface area (Å²) in [5, 5.41) is 0.290. The van der Waals surface area contributed by atoms with E-state index in [0.29, 0.717) is 10.1 Å². The van der Waals surface area contributed by atoms with Crippen LogP contribution in [-0.2, 0) is 10.8 Å². The van der Waals surface area contributed by atoms with E-state index < -0.39 is 10.8 Å². The minimum atomic E-state index is -1.37. The third kappa shape index (κ3) is 2.81. The molecule has 3 rings (SSSR count). The van der Waals surface area contributed by atoms with E-state index >= 15 is 0 Å². The monoisotopic (exact) mass is 279 g/mol. The Hall–Kier alpha value is -2.33. The predicted molar refractivity (Wildman–Crippen MR) is 83.5 cm³/mol. The fourth-order valence-corrected chi connectivity index (χ4v) is 2.64. The number of hydrogen-bond donors (Lipinski definition) is 0. The highest BCUT2D eigenvalue weighted by molar-refractivity contribution is 8.05. The topological polar surface area (TPSA) is 41.8 Å². The summed E-state index contributed by atoms with van der Waals surface area (Å²) in [5.74, 6) is 0. The summed E-state index contributed by atoms with van der Waals surface area (Å²) < 4.78 is 12.3. The molecule has 0 N–H and O–H groups in total. The molecule has 0 saturated carbocycles. The number of nitrogens with zero attached hydrogens (tertiary/aromatic N) is 2. The first-order valence-corrected chi connectivity index (χ1v) is 7.27. The highest BCUT2D eigenvalue weighted by atomic mass is 32.2. The fraction of sp³-hybridized carbons (Fsp3) is 0. The van der Waals surface area contributed by atoms with Crippen molar-refractivity contribution in [2.75, 3.05) is 0 Å². The van der Waals surface area contributed by atoms with E-state index in [9.17, 15) is 4.21 Å². The molecule has 0 saturated heterocycles. The van der Waals surface area contributed by atoms with Gasteiger partial charge < -0.3 is 4.99 Å². The first-order chi connectivity index (χ1) is 9.83. The summed E-state index contributed by atoms with van der Waals surface area (Å²) in [5.41, 5.74) is 1.71. The molecule has 0 aliphatic carbocycles. The first kappa shape index (κ1) is 12.7. The van der Waals surface area contributed by atoms with Gasteiger partial charge in [0.2, 0.25) is 0 Å². The summed E-state index contributed by atoms with van der Waals surface area (Å²) in [7, 11) is -1.37. The number of benzene rings is 2. The Morgan fingerprint density at radius 2 is 1.65 bits per heavy atom. The van der Waals surface area contributed by atoms with Gasteiger partial charge in [-0.15, -0.1) is 6.08 Å². The summed E-state index contributed by atoms with van der Waals surface area (Å²) in [4.78, 5) is 8.85. The smallest absolute Gasteiger partial charge is 0.120 e. The van der Waals surface area contributed by atoms with E-state index in [1.54, 1.807) is 0 Å². The third-order valence-electron chi connectivity index (χ3n) is 2.71. The number of allylic oxidation sites excluding steroid dienone is 1. The van der Waals surface area contributed by atoms with E-state index in [1.165, 1.54) is 0 Å². The molecule has 2 aromatic rings. The molecule has 3 nitrogen and oxygen atoms in total. The van der Waals surface area contributed by atoms with Gasteiger partial charge in [0.1, 0.15) is 5.17 Å². The number of para-hydroxylation sites is 1. The summed E-state index contributed by atoms with van der Waals surface area (Å²) in [6.07, 6.45) is 4.59. The SMILES string of the molecule is O=S1C(=Cc2ccccc2)[C-]=NC1=Nc1ccccc1. The highest BCUT2D eigenvalue weighted by Gasteiger charge is 2.09. The van der Waals surface area contributed by atoms with Gasteiger partial charge in [0.25, 0.3) is 0 Å². The van der Waals surface area contributed by atoms with Crippen LogP contribution in [-0.4, -0.2) is 15.6 Å². The Morgan fingerprint density at radius 1 is 1.00 bits per heavy atom. The van der Waals surface area contributed by atoms with E-state index in [1.807, 2.05) is 66.7 Å². The highest BCUT2D eigenvalue weighted by Crippen LogP contribution is 2.19. The Kier molecular flexibility index (Phi) is 3.65. The lowest BCUT2D eigenvalue weighted by Crippen LogP contribution is -1.98. The van der Waals surface area contributed by atoms with Crippen molar-refractivity contribution in [3.8, 4) is 0 Å². The molecule has 2 aromatic carbocycles. The van der Waals surface area contributed by atoms with Crippen molar-refractivity contribution in [1.29, 1.82) is 0 Å². The molecule has 1 unspecified atom stereocenters. The minimum absolute atomic E-state index is 0.290. The van der Waals surface area contributed by atoms with Crippen molar-refractivity contribution in [3.63, 3.8) is 0 Å². The van der Waals surface area contributed by atoms with Gasteiger partial charge in [0.05, 0.1) is 5.69 Å². The normalized spacial score (nSPS) is 21.7. The lowest BCUT2D eigenvalue weighted by molar-refractivity contribution is 0.694. The molecule has 1 atom stereocenters. The van der Waals surface area contributed by atoms with Crippen LogP contribution in [0.25, 0.3) is 6.08 Å². The van der Waals surface area contributed by atoms with E-state index in [-0.39, 0.29) is 0 Å². The molecule has 98 valence electrons. The van der Waals surface area contributed by atoms with Crippen LogP contribution < -0.4 is 0 Å². The molecule has 0 amide bonds. The van der Waals surface area contributed by atoms with Crippen LogP contribution in [0.3, 0.4) is 0 Å². The van der Waals surface area contributed by atoms with Crippen LogP contribution in [0, 0.1) is 0 Å². The van der Waals surface area contributed by atoms with Crippen molar-refractivity contribution < 1.29 is 4.21 Å². The molecule has 4 heteroatoms. The molecule has 1 aliphatic heterocycles. The van der Waals surface area contributed by atoms with Gasteiger partial charge in [-0.3, -0.25) is 9.20 Å². The minimum Gasteiger partial charge on any atom is -0.359 e. The molecular weight excluding hydrogens is 268 g/mol. The fourth-order valence-electron chi connectivity index (χ4n) is 1.75. The Morgan fingerprint density at radius 3 is 2.35 bits per heavy atom. The average Bonchev–Trinajstić information content (AvgIpc) is 2.83. The van der Waals surface area contributed by atoms with Gasteiger partial charge in [-0.25, -0.2) is 0 Å². The quantitative estimate of drug-likeness (QED) is 0.776. The zero-order chi connectivity index (χ0) is 13.8. The maximum absolute atomic E-state index is 12.3. The summed E-state index contributed by atoms with van der Waals surface area (Å²) in [6, 6.07) is 19.0. The van der Waals surface area contributed by atoms with Crippen molar-refractivity contribution in [2.24, 2.45) is 9.98 Å². The number of aliphatic imine (C=N–C) groups is 2. The molecule has 0 radical (unpaired) electrons. The van der Waals surface area contributed by atoms with E-state index in [2.05, 4.69) is 16.2 Å². The molecule has 1 heterocycles. The van der Waals surface area contributed by atoms with Crippen LogP contribution in [0.5, 0.6) is 0 Å². The largest absolute Gasteiger partial charge is 0.359 e. The van der Waals surface area contributed by atoms with Crippen molar-refractivity contribution in [2.45, 2.75) is 0 Å². The number of amidine groups is 1. The van der Waals surface area contributed by atoms with Crippen molar-refractivity contribution >= 4 is 33.9 Å². The number of rotatable bonds is 2. The Labute approximate surface area is 119 Å². The lowest BCUT2D eigenvalue weighted by Gasteiger charge is -2.03. The second kappa shape index (κ2) is 5.75. The van der Waals surface area contributed by atoms with Crippen molar-refractivity contribution in [1.82, 2.24) is 0 Å². The molecule has 1 aliphatic rings. The third-order valence-corrected chi connectivity index (χ3v) is 3.83. The van der Waals surface area contributed by atoms with Gasteiger partial charge in [-0.2, -0.15) is 0 Å². The number of hydrogen-bond acceptors (Lipinski definition) is 2. The average molecular weight is 279 g/mol. The van der Waals surface area contributed by atoms with Gasteiger partial charge >= 0.3 is 0 Å². The zero-order valence-electron chi connectivity index (χ0n) is 10.6. The lowest BCUT2D eigenvalue weighted by atomic mass is 10.2. The maximum atomic E-state index is 12.3. The van der Waals surface area contributed by atoms with Crippen molar-refractivity contribution in [3.05, 3.63) is 71.1 Å². The molecule has 0 spiro atoms. The van der Waals surface area contributed by atoms with Crippen LogP contribution in [0.4, 0.5) is 5.69 Å². The first-order valence-electron chi connectivity index (χ1n) is 6.12. The summed E-state index contributed by atoms with van der Waals surface area (Å²) >= 11 is 0. The molecule has 0 fully saturated rings. The maximum Gasteiger partial charge on any atom is 0.120 e. The Bertz CT molecular complexity index is 657. The van der Waals surface area contributed by atoms with Gasteiger partial charge in [0.15, 0.2) is 0 Å². The van der Waals surface area contributed by atoms with Crippen LogP contribution in [0.15, 0.2) is 75.6 Å². The molecule has 0 bridgehead atoms. The van der Waals surface area contributed by atoms with Crippen LogP contribution in [0.1, 0.15) is 5.56 Å². The molecular formula is C16H11N2OS-. The van der Waals surface area contributed by atoms with E-state index in [4.69, 9.17) is 0 Å². The predicted octanol–water partition coefficient (Wildman–Crippen LogP) is 3.43. The van der Waals surface area contributed by atoms with Crippen LogP contribution in [0.2, 0.25) is 0 Å². The second-order valence-electron chi connectivity index (χ2n) is 4.14.